The minimum Gasteiger partial charge on any atom is -0.488 e. The van der Waals surface area contributed by atoms with E-state index in [9.17, 15) is 24.3 Å². The number of nitrogens with zero attached hydrogens (tertiary/aromatic N) is 8. The zero-order valence-electron chi connectivity index (χ0n) is 25.4. The van der Waals surface area contributed by atoms with E-state index >= 15 is 0 Å². The predicted molar refractivity (Wildman–Crippen MR) is 157 cm³/mol. The third-order valence-electron chi connectivity index (χ3n) is 7.90. The summed E-state index contributed by atoms with van der Waals surface area (Å²) in [5, 5.41) is 29.4. The van der Waals surface area contributed by atoms with Gasteiger partial charge in [-0.05, 0) is 45.9 Å². The molecule has 2 aliphatic rings. The van der Waals surface area contributed by atoms with Crippen molar-refractivity contribution in [3.63, 3.8) is 0 Å². The van der Waals surface area contributed by atoms with Crippen molar-refractivity contribution in [2.75, 3.05) is 26.2 Å². The van der Waals surface area contributed by atoms with Crippen molar-refractivity contribution >= 4 is 17.5 Å². The molecule has 14 heteroatoms. The topological polar surface area (TPSA) is 151 Å². The molecular formula is C31H33FN8O5. The van der Waals surface area contributed by atoms with Crippen LogP contribution >= 0.6 is 0 Å². The van der Waals surface area contributed by atoms with Gasteiger partial charge < -0.3 is 24.4 Å². The minimum atomic E-state index is -1.14. The van der Waals surface area contributed by atoms with Crippen LogP contribution in [0.25, 0.3) is 16.8 Å². The second-order valence-electron chi connectivity index (χ2n) is 12.3. The first-order valence-corrected chi connectivity index (χ1v) is 14.6. The highest BCUT2D eigenvalue weighted by Crippen LogP contribution is 2.34. The predicted octanol–water partition coefficient (Wildman–Crippen LogP) is 3.23. The molecule has 0 radical (unpaired) electrons. The number of aromatic nitrogens is 5. The maximum Gasteiger partial charge on any atom is 0.410 e. The van der Waals surface area contributed by atoms with Gasteiger partial charge in [-0.15, -0.1) is 0 Å². The number of hydrogen-bond acceptors (Lipinski definition) is 9. The van der Waals surface area contributed by atoms with Crippen LogP contribution in [0.3, 0.4) is 0 Å². The van der Waals surface area contributed by atoms with Crippen LogP contribution in [-0.4, -0.2) is 83.1 Å². The maximum absolute atomic E-state index is 13.3. The Morgan fingerprint density at radius 2 is 1.98 bits per heavy atom. The summed E-state index contributed by atoms with van der Waals surface area (Å²) in [5.74, 6) is -0.485. The molecule has 234 valence electrons. The van der Waals surface area contributed by atoms with Crippen LogP contribution in [0.1, 0.15) is 49.4 Å². The molecule has 1 atom stereocenters. The van der Waals surface area contributed by atoms with Crippen LogP contribution < -0.4 is 4.74 Å². The Hall–Kier alpha value is -5.03. The lowest BCUT2D eigenvalue weighted by atomic mass is 9.98. The fourth-order valence-corrected chi connectivity index (χ4v) is 5.52. The third kappa shape index (κ3) is 5.91. The summed E-state index contributed by atoms with van der Waals surface area (Å²) in [6.07, 6.45) is 2.66. The number of amides is 2. The van der Waals surface area contributed by atoms with Crippen molar-refractivity contribution in [2.24, 2.45) is 5.92 Å². The van der Waals surface area contributed by atoms with E-state index in [0.29, 0.717) is 60.8 Å². The number of carbonyl (C=O) groups excluding carboxylic acids is 2. The van der Waals surface area contributed by atoms with Crippen molar-refractivity contribution in [2.45, 2.75) is 52.5 Å². The van der Waals surface area contributed by atoms with Gasteiger partial charge in [-0.2, -0.15) is 15.5 Å². The lowest BCUT2D eigenvalue weighted by Crippen LogP contribution is -2.57. The highest BCUT2D eigenvalue weighted by atomic mass is 19.1. The molecule has 4 aromatic rings. The van der Waals surface area contributed by atoms with E-state index in [1.54, 1.807) is 22.1 Å². The number of ether oxygens (including phenoxy) is 2. The lowest BCUT2D eigenvalue weighted by Gasteiger charge is -2.41. The Morgan fingerprint density at radius 1 is 1.20 bits per heavy atom. The molecule has 6 heterocycles. The Labute approximate surface area is 258 Å². The highest BCUT2D eigenvalue weighted by molar-refractivity contribution is 5.83. The molecule has 2 aliphatic heterocycles. The highest BCUT2D eigenvalue weighted by Gasteiger charge is 2.40. The summed E-state index contributed by atoms with van der Waals surface area (Å²) in [4.78, 5) is 32.9. The van der Waals surface area contributed by atoms with Crippen LogP contribution in [0.2, 0.25) is 0 Å². The van der Waals surface area contributed by atoms with Crippen molar-refractivity contribution < 1.29 is 28.6 Å². The second-order valence-corrected chi connectivity index (χ2v) is 12.3. The Kier molecular flexibility index (Phi) is 7.65. The third-order valence-corrected chi connectivity index (χ3v) is 7.90. The molecule has 45 heavy (non-hydrogen) atoms. The van der Waals surface area contributed by atoms with Gasteiger partial charge in [-0.3, -0.25) is 14.5 Å². The molecule has 4 aromatic heterocycles. The molecule has 6 rings (SSSR count). The Bertz CT molecular complexity index is 1810. The van der Waals surface area contributed by atoms with Crippen molar-refractivity contribution in [1.29, 1.82) is 5.26 Å². The van der Waals surface area contributed by atoms with Crippen LogP contribution in [0.15, 0.2) is 36.8 Å². The normalized spacial score (nSPS) is 15.8. The summed E-state index contributed by atoms with van der Waals surface area (Å²) in [6, 6.07) is 6.44. The Balaban J connectivity index is 1.20. The molecule has 1 saturated heterocycles. The first-order chi connectivity index (χ1) is 21.4. The monoisotopic (exact) mass is 616 g/mol. The van der Waals surface area contributed by atoms with Crippen molar-refractivity contribution in [3.8, 4) is 23.1 Å². The van der Waals surface area contributed by atoms with E-state index in [4.69, 9.17) is 14.6 Å². The average Bonchev–Trinajstić information content (AvgIpc) is 3.54. The molecule has 1 fully saturated rings. The van der Waals surface area contributed by atoms with Gasteiger partial charge in [-0.1, -0.05) is 0 Å². The number of aliphatic hydroxyl groups is 1. The number of pyridine rings is 2. The van der Waals surface area contributed by atoms with Gasteiger partial charge in [0, 0.05) is 37.0 Å². The number of rotatable bonds is 6. The number of fused-ring (bicyclic) bond motifs is 2. The molecule has 13 nitrogen and oxygen atoms in total. The van der Waals surface area contributed by atoms with Gasteiger partial charge in [0.1, 0.15) is 47.0 Å². The van der Waals surface area contributed by atoms with Crippen LogP contribution in [0.5, 0.6) is 5.75 Å². The standard InChI is InChI=1S/C31H33FN8O5/c1-18-24-16-37(29(42)21-13-38(14-21)30(43)45-31(2,3)4)7-8-39(24)36-27(18)19-9-26(28-20(10-33)11-35-40(28)15-19)44-17-25(41)23-6-5-22(32)12-34-23/h5-6,9,11-12,15,21,25,41H,7-8,13-14,16-17H2,1-4H3. The van der Waals surface area contributed by atoms with E-state index < -0.39 is 23.6 Å². The molecule has 1 unspecified atom stereocenters. The molecule has 0 bridgehead atoms. The quantitative estimate of drug-likeness (QED) is 0.344. The molecule has 0 aliphatic carbocycles. The molecule has 2 amide bonds. The fraction of sp³-hybridized carbons (Fsp3) is 0.419. The number of likely N-dealkylation sites (tertiary alicyclic amines) is 1. The van der Waals surface area contributed by atoms with Gasteiger partial charge in [-0.25, -0.2) is 13.7 Å². The number of carbonyl (C=O) groups is 2. The summed E-state index contributed by atoms with van der Waals surface area (Å²) < 4.78 is 28.1. The van der Waals surface area contributed by atoms with E-state index in [-0.39, 0.29) is 24.1 Å². The largest absolute Gasteiger partial charge is 0.488 e. The summed E-state index contributed by atoms with van der Waals surface area (Å²) in [6.45, 7) is 9.20. The second kappa shape index (κ2) is 11.5. The van der Waals surface area contributed by atoms with Gasteiger partial charge in [0.15, 0.2) is 0 Å². The van der Waals surface area contributed by atoms with E-state index in [1.165, 1.54) is 22.8 Å². The molecular weight excluding hydrogens is 583 g/mol. The molecule has 0 saturated carbocycles. The number of aliphatic hydroxyl groups excluding tert-OH is 1. The van der Waals surface area contributed by atoms with Crippen molar-refractivity contribution in [3.05, 3.63) is 65.1 Å². The summed E-state index contributed by atoms with van der Waals surface area (Å²) in [5.41, 5.74) is 3.49. The summed E-state index contributed by atoms with van der Waals surface area (Å²) >= 11 is 0. The van der Waals surface area contributed by atoms with E-state index in [2.05, 4.69) is 16.2 Å². The molecule has 0 spiro atoms. The van der Waals surface area contributed by atoms with E-state index in [1.807, 2.05) is 32.4 Å². The molecule has 0 aromatic carbocycles. The van der Waals surface area contributed by atoms with Crippen LogP contribution in [-0.2, 0) is 22.6 Å². The maximum atomic E-state index is 13.3. The van der Waals surface area contributed by atoms with Gasteiger partial charge in [0.25, 0.3) is 0 Å². The van der Waals surface area contributed by atoms with E-state index in [0.717, 1.165) is 17.5 Å². The first-order valence-electron chi connectivity index (χ1n) is 14.6. The first kappa shape index (κ1) is 30.0. The van der Waals surface area contributed by atoms with Gasteiger partial charge >= 0.3 is 6.09 Å². The molecule has 1 N–H and O–H groups in total. The van der Waals surface area contributed by atoms with Gasteiger partial charge in [0.2, 0.25) is 5.91 Å². The number of nitriles is 1. The summed E-state index contributed by atoms with van der Waals surface area (Å²) in [7, 11) is 0. The Morgan fingerprint density at radius 3 is 2.67 bits per heavy atom. The zero-order chi connectivity index (χ0) is 32.0. The average molecular weight is 617 g/mol. The lowest BCUT2D eigenvalue weighted by molar-refractivity contribution is -0.142. The van der Waals surface area contributed by atoms with Crippen molar-refractivity contribution in [1.82, 2.24) is 34.2 Å². The number of halogens is 1. The number of hydrogen-bond donors (Lipinski definition) is 1. The fourth-order valence-electron chi connectivity index (χ4n) is 5.52. The zero-order valence-corrected chi connectivity index (χ0v) is 25.4. The minimum absolute atomic E-state index is 0.00455. The van der Waals surface area contributed by atoms with Crippen LogP contribution in [0, 0.1) is 30.0 Å². The van der Waals surface area contributed by atoms with Crippen LogP contribution in [0.4, 0.5) is 9.18 Å². The SMILES string of the molecule is Cc1c(-c2cc(OCC(O)c3ccc(F)cn3)c3c(C#N)cnn3c2)nn2c1CN(C(=O)C1CN(C(=O)OC(C)(C)C)C1)CC2. The van der Waals surface area contributed by atoms with Gasteiger partial charge in [0.05, 0.1) is 48.5 Å². The smallest absolute Gasteiger partial charge is 0.410 e.